The Morgan fingerprint density at radius 1 is 1.00 bits per heavy atom. The Balaban J connectivity index is 2.38. The van der Waals surface area contributed by atoms with Crippen molar-refractivity contribution < 1.29 is 18.0 Å². The molecule has 2 amide bonds. The lowest BCUT2D eigenvalue weighted by Gasteiger charge is -2.32. The predicted molar refractivity (Wildman–Crippen MR) is 146 cm³/mol. The summed E-state index contributed by atoms with van der Waals surface area (Å²) in [6.07, 6.45) is 1.08. The average molecular weight is 516 g/mol. The quantitative estimate of drug-likeness (QED) is 0.513. The van der Waals surface area contributed by atoms with Crippen molar-refractivity contribution in [3.05, 3.63) is 65.2 Å². The van der Waals surface area contributed by atoms with Gasteiger partial charge in [0.2, 0.25) is 21.8 Å². The molecule has 2 rings (SSSR count). The van der Waals surface area contributed by atoms with Crippen LogP contribution in [-0.4, -0.2) is 50.5 Å². The van der Waals surface area contributed by atoms with Crippen LogP contribution in [0.5, 0.6) is 0 Å². The fraction of sp³-hybridized carbons (Fsp3) is 0.500. The molecule has 0 spiro atoms. The molecule has 0 radical (unpaired) electrons. The van der Waals surface area contributed by atoms with Crippen molar-refractivity contribution in [2.45, 2.75) is 66.5 Å². The van der Waals surface area contributed by atoms with E-state index in [0.29, 0.717) is 12.2 Å². The molecule has 0 bridgehead atoms. The Kier molecular flexibility index (Phi) is 9.71. The standard InChI is InChI=1S/C28H41N3O4S/c1-20(2)17-29-27(33)22(4)30(18-23-11-9-10-21(3)16-23)26(32)19-31(36(8,34)35)25-14-12-24(13-15-25)28(5,6)7/h9-16,20,22H,17-19H2,1-8H3,(H,29,33)/t22-/m1/s1. The van der Waals surface area contributed by atoms with Crippen LogP contribution in [0, 0.1) is 12.8 Å². The number of amides is 2. The summed E-state index contributed by atoms with van der Waals surface area (Å²) in [4.78, 5) is 28.0. The van der Waals surface area contributed by atoms with Gasteiger partial charge in [-0.3, -0.25) is 13.9 Å². The van der Waals surface area contributed by atoms with E-state index in [0.717, 1.165) is 27.3 Å². The molecule has 0 saturated carbocycles. The molecule has 0 fully saturated rings. The van der Waals surface area contributed by atoms with Gasteiger partial charge in [0.25, 0.3) is 0 Å². The summed E-state index contributed by atoms with van der Waals surface area (Å²) in [6, 6.07) is 14.1. The van der Waals surface area contributed by atoms with Crippen molar-refractivity contribution in [3.8, 4) is 0 Å². The number of hydrogen-bond donors (Lipinski definition) is 1. The van der Waals surface area contributed by atoms with Gasteiger partial charge < -0.3 is 10.2 Å². The minimum absolute atomic E-state index is 0.0896. The number of nitrogens with zero attached hydrogens (tertiary/aromatic N) is 2. The van der Waals surface area contributed by atoms with Gasteiger partial charge in [-0.1, -0.05) is 76.6 Å². The summed E-state index contributed by atoms with van der Waals surface area (Å²) >= 11 is 0. The number of benzene rings is 2. The fourth-order valence-electron chi connectivity index (χ4n) is 3.78. The first-order chi connectivity index (χ1) is 16.6. The number of sulfonamides is 1. The topological polar surface area (TPSA) is 86.8 Å². The average Bonchev–Trinajstić information content (AvgIpc) is 2.77. The summed E-state index contributed by atoms with van der Waals surface area (Å²) in [5.74, 6) is -0.460. The van der Waals surface area contributed by atoms with Gasteiger partial charge in [0.05, 0.1) is 11.9 Å². The summed E-state index contributed by atoms with van der Waals surface area (Å²) in [5, 5.41) is 2.89. The zero-order valence-electron chi connectivity index (χ0n) is 22.8. The minimum atomic E-state index is -3.76. The molecule has 1 atom stereocenters. The van der Waals surface area contributed by atoms with Crippen LogP contribution in [0.15, 0.2) is 48.5 Å². The number of carbonyl (C=O) groups excluding carboxylic acids is 2. The van der Waals surface area contributed by atoms with E-state index in [4.69, 9.17) is 0 Å². The number of anilines is 1. The van der Waals surface area contributed by atoms with Crippen molar-refractivity contribution >= 4 is 27.5 Å². The summed E-state index contributed by atoms with van der Waals surface area (Å²) in [7, 11) is -3.76. The van der Waals surface area contributed by atoms with Gasteiger partial charge in [-0.25, -0.2) is 8.42 Å². The van der Waals surface area contributed by atoms with E-state index in [-0.39, 0.29) is 23.8 Å². The molecular formula is C28H41N3O4S. The van der Waals surface area contributed by atoms with Crippen molar-refractivity contribution in [1.29, 1.82) is 0 Å². The molecule has 0 saturated heterocycles. The highest BCUT2D eigenvalue weighted by atomic mass is 32.2. The van der Waals surface area contributed by atoms with Gasteiger partial charge in [0.15, 0.2) is 0 Å². The van der Waals surface area contributed by atoms with Crippen molar-refractivity contribution in [1.82, 2.24) is 10.2 Å². The van der Waals surface area contributed by atoms with Crippen LogP contribution in [0.2, 0.25) is 0 Å². The predicted octanol–water partition coefficient (Wildman–Crippen LogP) is 4.25. The van der Waals surface area contributed by atoms with E-state index >= 15 is 0 Å². The Labute approximate surface area is 216 Å². The molecule has 0 aliphatic heterocycles. The number of rotatable bonds is 10. The van der Waals surface area contributed by atoms with Gasteiger partial charge in [0, 0.05) is 13.1 Å². The Hall–Kier alpha value is -2.87. The minimum Gasteiger partial charge on any atom is -0.354 e. The van der Waals surface area contributed by atoms with E-state index in [1.165, 1.54) is 4.90 Å². The molecule has 0 aromatic heterocycles. The first-order valence-electron chi connectivity index (χ1n) is 12.3. The number of carbonyl (C=O) groups is 2. The van der Waals surface area contributed by atoms with E-state index in [1.54, 1.807) is 19.1 Å². The molecule has 2 aromatic rings. The maximum atomic E-state index is 13.6. The van der Waals surface area contributed by atoms with Gasteiger partial charge >= 0.3 is 0 Å². The Bertz CT molecular complexity index is 1150. The second-order valence-electron chi connectivity index (χ2n) is 10.9. The molecule has 36 heavy (non-hydrogen) atoms. The van der Waals surface area contributed by atoms with Crippen molar-refractivity contribution in [2.24, 2.45) is 5.92 Å². The van der Waals surface area contributed by atoms with Crippen LogP contribution < -0.4 is 9.62 Å². The van der Waals surface area contributed by atoms with E-state index in [2.05, 4.69) is 26.1 Å². The number of hydrogen-bond acceptors (Lipinski definition) is 4. The number of nitrogens with one attached hydrogen (secondary N) is 1. The van der Waals surface area contributed by atoms with Crippen LogP contribution in [0.25, 0.3) is 0 Å². The Morgan fingerprint density at radius 3 is 2.11 bits per heavy atom. The van der Waals surface area contributed by atoms with Gasteiger partial charge in [-0.2, -0.15) is 0 Å². The third-order valence-electron chi connectivity index (χ3n) is 5.99. The largest absolute Gasteiger partial charge is 0.354 e. The zero-order valence-corrected chi connectivity index (χ0v) is 23.6. The van der Waals surface area contributed by atoms with E-state index < -0.39 is 28.5 Å². The molecule has 0 aliphatic rings. The summed E-state index contributed by atoms with van der Waals surface area (Å²) in [5.41, 5.74) is 3.28. The molecule has 2 aromatic carbocycles. The zero-order chi connectivity index (χ0) is 27.3. The van der Waals surface area contributed by atoms with Gasteiger partial charge in [-0.05, 0) is 48.4 Å². The lowest BCUT2D eigenvalue weighted by Crippen LogP contribution is -2.51. The van der Waals surface area contributed by atoms with Gasteiger partial charge in [-0.15, -0.1) is 0 Å². The molecule has 7 nitrogen and oxygen atoms in total. The van der Waals surface area contributed by atoms with Crippen molar-refractivity contribution in [2.75, 3.05) is 23.7 Å². The highest BCUT2D eigenvalue weighted by molar-refractivity contribution is 7.92. The van der Waals surface area contributed by atoms with Crippen LogP contribution in [0.4, 0.5) is 5.69 Å². The second kappa shape index (κ2) is 11.9. The molecule has 1 N–H and O–H groups in total. The summed E-state index contributed by atoms with van der Waals surface area (Å²) < 4.78 is 26.6. The molecule has 0 unspecified atom stereocenters. The third kappa shape index (κ3) is 8.36. The third-order valence-corrected chi connectivity index (χ3v) is 7.13. The second-order valence-corrected chi connectivity index (χ2v) is 12.8. The molecule has 0 aliphatic carbocycles. The molecule has 8 heteroatoms. The normalized spacial score (nSPS) is 12.8. The number of aryl methyl sites for hydroxylation is 1. The van der Waals surface area contributed by atoms with E-state index in [9.17, 15) is 18.0 Å². The first-order valence-corrected chi connectivity index (χ1v) is 14.2. The van der Waals surface area contributed by atoms with Crippen LogP contribution >= 0.6 is 0 Å². The SMILES string of the molecule is Cc1cccc(CN(C(=O)CN(c2ccc(C(C)(C)C)cc2)S(C)(=O)=O)[C@H](C)C(=O)NCC(C)C)c1. The van der Waals surface area contributed by atoms with Crippen LogP contribution in [0.3, 0.4) is 0 Å². The smallest absolute Gasteiger partial charge is 0.244 e. The monoisotopic (exact) mass is 515 g/mol. The van der Waals surface area contributed by atoms with E-state index in [1.807, 2.05) is 57.2 Å². The molecule has 198 valence electrons. The molecular weight excluding hydrogens is 474 g/mol. The molecule has 0 heterocycles. The first kappa shape index (κ1) is 29.4. The fourth-order valence-corrected chi connectivity index (χ4v) is 4.63. The van der Waals surface area contributed by atoms with Gasteiger partial charge in [0.1, 0.15) is 12.6 Å². The van der Waals surface area contributed by atoms with Crippen molar-refractivity contribution in [3.63, 3.8) is 0 Å². The Morgan fingerprint density at radius 2 is 1.61 bits per heavy atom. The maximum absolute atomic E-state index is 13.6. The maximum Gasteiger partial charge on any atom is 0.244 e. The highest BCUT2D eigenvalue weighted by Crippen LogP contribution is 2.26. The lowest BCUT2D eigenvalue weighted by molar-refractivity contribution is -0.139. The van der Waals surface area contributed by atoms with Crippen LogP contribution in [-0.2, 0) is 31.6 Å². The summed E-state index contributed by atoms with van der Waals surface area (Å²) in [6.45, 7) is 14.1. The van der Waals surface area contributed by atoms with Crippen LogP contribution in [0.1, 0.15) is 58.2 Å². The highest BCUT2D eigenvalue weighted by Gasteiger charge is 2.30. The lowest BCUT2D eigenvalue weighted by atomic mass is 9.87.